The van der Waals surface area contributed by atoms with Gasteiger partial charge in [-0.1, -0.05) is 45.4 Å². The molecule has 1 aliphatic rings. The Morgan fingerprint density at radius 3 is 1.82 bits per heavy atom. The van der Waals surface area contributed by atoms with Crippen LogP contribution >= 0.6 is 0 Å². The maximum atomic E-state index is 9.75. The summed E-state index contributed by atoms with van der Waals surface area (Å²) in [5.41, 5.74) is 0. The highest BCUT2D eigenvalue weighted by Gasteiger charge is 2.22. The lowest BCUT2D eigenvalue weighted by Crippen LogP contribution is -3.11. The minimum atomic E-state index is -6.00. The molecule has 0 aromatic heterocycles. The van der Waals surface area contributed by atoms with Crippen LogP contribution in [0.25, 0.3) is 0 Å². The minimum Gasteiger partial charge on any atom is -0.418 e. The fourth-order valence-corrected chi connectivity index (χ4v) is 2.50. The first-order valence-electron chi connectivity index (χ1n) is 8.39. The summed E-state index contributed by atoms with van der Waals surface area (Å²) < 4.78 is 39.0. The van der Waals surface area contributed by atoms with Gasteiger partial charge in [0.05, 0.1) is 12.7 Å². The second kappa shape index (κ2) is 11.8. The van der Waals surface area contributed by atoms with E-state index in [9.17, 15) is 17.3 Å². The van der Waals surface area contributed by atoms with Crippen molar-refractivity contribution < 1.29 is 22.2 Å². The highest BCUT2D eigenvalue weighted by Crippen LogP contribution is 2.08. The van der Waals surface area contributed by atoms with Crippen molar-refractivity contribution in [1.82, 2.24) is 4.90 Å². The van der Waals surface area contributed by atoms with Crippen molar-refractivity contribution in [2.45, 2.75) is 71.4 Å². The zero-order valence-corrected chi connectivity index (χ0v) is 14.1. The predicted molar refractivity (Wildman–Crippen MR) is 85.0 cm³/mol. The van der Waals surface area contributed by atoms with Gasteiger partial charge in [-0.15, -0.1) is 0 Å². The molecule has 0 radical (unpaired) electrons. The van der Waals surface area contributed by atoms with E-state index in [1.54, 1.807) is 4.90 Å². The third-order valence-corrected chi connectivity index (χ3v) is 3.99. The van der Waals surface area contributed by atoms with Crippen LogP contribution in [0.15, 0.2) is 12.4 Å². The lowest BCUT2D eigenvalue weighted by atomic mass is 10.1. The molecule has 0 aliphatic carbocycles. The molecule has 0 spiro atoms. The fraction of sp³-hybridized carbons (Fsp3) is 0.867. The molecule has 2 unspecified atom stereocenters. The maximum absolute atomic E-state index is 9.75. The van der Waals surface area contributed by atoms with Crippen molar-refractivity contribution >= 4 is 7.25 Å². The molecule has 2 nitrogen and oxygen atoms in total. The summed E-state index contributed by atoms with van der Waals surface area (Å²) in [4.78, 5) is 3.93. The lowest BCUT2D eigenvalue weighted by Gasteiger charge is -2.21. The molecule has 0 saturated carbocycles. The monoisotopic (exact) mass is 326 g/mol. The van der Waals surface area contributed by atoms with Crippen LogP contribution in [0.1, 0.15) is 65.2 Å². The minimum absolute atomic E-state index is 0.638. The summed E-state index contributed by atoms with van der Waals surface area (Å²) in [6.07, 6.45) is 16.5. The Morgan fingerprint density at radius 1 is 0.955 bits per heavy atom. The number of nitrogens with one attached hydrogen (secondary N) is 1. The topological polar surface area (TPSA) is 7.68 Å². The van der Waals surface area contributed by atoms with E-state index in [0.717, 1.165) is 0 Å². The van der Waals surface area contributed by atoms with E-state index in [1.807, 2.05) is 0 Å². The average molecular weight is 326 g/mol. The number of rotatable bonds is 9. The van der Waals surface area contributed by atoms with Gasteiger partial charge in [0, 0.05) is 14.0 Å². The van der Waals surface area contributed by atoms with Gasteiger partial charge in [-0.25, -0.2) is 0 Å². The van der Waals surface area contributed by atoms with Crippen LogP contribution in [0.2, 0.25) is 0 Å². The smallest absolute Gasteiger partial charge is 0.418 e. The van der Waals surface area contributed by atoms with E-state index in [-0.39, 0.29) is 0 Å². The van der Waals surface area contributed by atoms with E-state index >= 15 is 0 Å². The number of halogens is 4. The Kier molecular flexibility index (Phi) is 11.4. The van der Waals surface area contributed by atoms with Gasteiger partial charge in [-0.05, 0) is 12.8 Å². The summed E-state index contributed by atoms with van der Waals surface area (Å²) >= 11 is 0. The van der Waals surface area contributed by atoms with Gasteiger partial charge in [0.15, 0.2) is 6.17 Å². The molecule has 2 atom stereocenters. The summed E-state index contributed by atoms with van der Waals surface area (Å²) in [5.74, 6) is 0. The lowest BCUT2D eigenvalue weighted by molar-refractivity contribution is -0.875. The Bertz CT molecular complexity index is 292. The predicted octanol–water partition coefficient (Wildman–Crippen LogP) is 4.07. The van der Waals surface area contributed by atoms with Gasteiger partial charge in [0.1, 0.15) is 6.20 Å². The molecule has 0 amide bonds. The van der Waals surface area contributed by atoms with Crippen LogP contribution in [0.4, 0.5) is 17.3 Å². The third kappa shape index (κ3) is 13.0. The molecular weight excluding hydrogens is 295 g/mol. The molecule has 1 N–H and O–H groups in total. The van der Waals surface area contributed by atoms with Gasteiger partial charge in [0.2, 0.25) is 0 Å². The molecule has 7 heteroatoms. The van der Waals surface area contributed by atoms with Crippen molar-refractivity contribution in [1.29, 1.82) is 0 Å². The van der Waals surface area contributed by atoms with E-state index in [4.69, 9.17) is 0 Å². The largest absolute Gasteiger partial charge is 0.673 e. The van der Waals surface area contributed by atoms with Crippen molar-refractivity contribution in [3.63, 3.8) is 0 Å². The third-order valence-electron chi connectivity index (χ3n) is 3.99. The molecule has 0 fully saturated rings. The van der Waals surface area contributed by atoms with E-state index < -0.39 is 7.25 Å². The fourth-order valence-electron chi connectivity index (χ4n) is 2.50. The molecular formula is C15H31BF4N2. The zero-order valence-electron chi connectivity index (χ0n) is 14.1. The summed E-state index contributed by atoms with van der Waals surface area (Å²) in [7, 11) is -3.83. The van der Waals surface area contributed by atoms with Gasteiger partial charge in [-0.3, -0.25) is 4.90 Å². The van der Waals surface area contributed by atoms with E-state index in [2.05, 4.69) is 38.2 Å². The van der Waals surface area contributed by atoms with Gasteiger partial charge >= 0.3 is 7.25 Å². The molecule has 0 aromatic rings. The molecule has 1 rings (SSSR count). The Labute approximate surface area is 132 Å². The second-order valence-electron chi connectivity index (χ2n) is 5.95. The number of nitrogens with zero attached hydrogens (tertiary/aromatic N) is 1. The number of hydrogen-bond donors (Lipinski definition) is 1. The molecule has 0 saturated heterocycles. The first-order valence-corrected chi connectivity index (χ1v) is 8.39. The average Bonchev–Trinajstić information content (AvgIpc) is 2.72. The number of unbranched alkanes of at least 4 members (excludes halogenated alkanes) is 7. The molecule has 132 valence electrons. The number of hydrogen-bond acceptors (Lipinski definition) is 1. The van der Waals surface area contributed by atoms with Crippen LogP contribution in [0.5, 0.6) is 0 Å². The Balaban J connectivity index is 0.000000763. The molecule has 0 aromatic carbocycles. The Hall–Kier alpha value is -0.715. The zero-order chi connectivity index (χ0) is 17.0. The molecule has 0 bridgehead atoms. The van der Waals surface area contributed by atoms with Crippen LogP contribution in [-0.4, -0.2) is 31.9 Å². The standard InChI is InChI=1S/C15H30N2.BF4/c1-4-5-6-7-8-9-10-11-12-17-14-13-16(3)15(17)2;2-1(3,4)5/h13-15H,4-12H2,1-3H3;/q;-1/p+1. The normalized spacial score (nSPS) is 21.0. The van der Waals surface area contributed by atoms with Crippen molar-refractivity contribution in [3.8, 4) is 0 Å². The molecule has 1 aliphatic heterocycles. The molecule has 22 heavy (non-hydrogen) atoms. The highest BCUT2D eigenvalue weighted by molar-refractivity contribution is 6.50. The maximum Gasteiger partial charge on any atom is 0.673 e. The van der Waals surface area contributed by atoms with Crippen molar-refractivity contribution in [3.05, 3.63) is 12.4 Å². The van der Waals surface area contributed by atoms with Gasteiger partial charge < -0.3 is 22.2 Å². The van der Waals surface area contributed by atoms with Crippen LogP contribution in [-0.2, 0) is 0 Å². The SMILES string of the molecule is CCCCCCCCCC[NH+]1C=CN(C)C1C.F[B-](F)(F)F. The summed E-state index contributed by atoms with van der Waals surface area (Å²) in [6, 6.07) is 0. The summed E-state index contributed by atoms with van der Waals surface area (Å²) in [5, 5.41) is 0. The first-order chi connectivity index (χ1) is 10.3. The van der Waals surface area contributed by atoms with E-state index in [0.29, 0.717) is 6.17 Å². The summed E-state index contributed by atoms with van der Waals surface area (Å²) in [6.45, 7) is 5.89. The van der Waals surface area contributed by atoms with Gasteiger partial charge in [0.25, 0.3) is 0 Å². The second-order valence-corrected chi connectivity index (χ2v) is 5.95. The van der Waals surface area contributed by atoms with Crippen molar-refractivity contribution in [2.24, 2.45) is 0 Å². The van der Waals surface area contributed by atoms with Gasteiger partial charge in [-0.2, -0.15) is 0 Å². The number of quaternary nitrogens is 1. The highest BCUT2D eigenvalue weighted by atomic mass is 19.5. The quantitative estimate of drug-likeness (QED) is 0.381. The van der Waals surface area contributed by atoms with Crippen LogP contribution in [0, 0.1) is 0 Å². The van der Waals surface area contributed by atoms with Crippen LogP contribution in [0.3, 0.4) is 0 Å². The van der Waals surface area contributed by atoms with Crippen LogP contribution < -0.4 is 4.90 Å². The molecule has 1 heterocycles. The first kappa shape index (κ1) is 21.3. The van der Waals surface area contributed by atoms with E-state index in [1.165, 1.54) is 57.9 Å². The van der Waals surface area contributed by atoms with Crippen molar-refractivity contribution in [2.75, 3.05) is 13.6 Å². The Morgan fingerprint density at radius 2 is 1.41 bits per heavy atom.